The lowest BCUT2D eigenvalue weighted by atomic mass is 10.1. The Kier molecular flexibility index (Phi) is 7.45. The number of aryl methyl sites for hydroxylation is 1. The van der Waals surface area contributed by atoms with E-state index in [1.54, 1.807) is 42.5 Å². The number of benzene rings is 3. The zero-order valence-corrected chi connectivity index (χ0v) is 18.4. The predicted molar refractivity (Wildman–Crippen MR) is 121 cm³/mol. The Morgan fingerprint density at radius 1 is 1.00 bits per heavy atom. The highest BCUT2D eigenvalue weighted by Gasteiger charge is 2.15. The van der Waals surface area contributed by atoms with E-state index < -0.39 is 23.6 Å². The third-order valence-corrected chi connectivity index (χ3v) is 4.58. The van der Waals surface area contributed by atoms with Gasteiger partial charge in [0, 0.05) is 4.47 Å². The number of rotatable bonds is 5. The van der Waals surface area contributed by atoms with Crippen LogP contribution >= 0.6 is 15.9 Å². The summed E-state index contributed by atoms with van der Waals surface area (Å²) in [6, 6.07) is 17.5. The van der Waals surface area contributed by atoms with E-state index in [4.69, 9.17) is 4.74 Å². The van der Waals surface area contributed by atoms with Gasteiger partial charge < -0.3 is 10.1 Å². The summed E-state index contributed by atoms with van der Waals surface area (Å²) in [4.78, 5) is 36.0. The summed E-state index contributed by atoms with van der Waals surface area (Å²) in [5, 5.41) is 5.86. The van der Waals surface area contributed by atoms with Gasteiger partial charge in [-0.15, -0.1) is 0 Å². The fourth-order valence-electron chi connectivity index (χ4n) is 2.58. The monoisotopic (exact) mass is 497 g/mol. The van der Waals surface area contributed by atoms with Crippen LogP contribution in [0.3, 0.4) is 0 Å². The molecule has 3 rings (SSSR count). The van der Waals surface area contributed by atoms with E-state index in [2.05, 4.69) is 31.8 Å². The summed E-state index contributed by atoms with van der Waals surface area (Å²) in [5.41, 5.74) is 3.78. The van der Waals surface area contributed by atoms with Gasteiger partial charge in [-0.05, 0) is 55.0 Å². The first-order chi connectivity index (χ1) is 15.3. The minimum atomic E-state index is -1.08. The number of nitrogens with one attached hydrogen (secondary N) is 2. The molecule has 0 fully saturated rings. The number of halogens is 2. The summed E-state index contributed by atoms with van der Waals surface area (Å²) in [6.07, 6.45) is 1.27. The minimum absolute atomic E-state index is 0.138. The Bertz CT molecular complexity index is 1210. The average Bonchev–Trinajstić information content (AvgIpc) is 2.76. The van der Waals surface area contributed by atoms with Crippen LogP contribution in [0.5, 0.6) is 5.75 Å². The largest absolute Gasteiger partial charge is 0.423 e. The zero-order valence-electron chi connectivity index (χ0n) is 16.8. The lowest BCUT2D eigenvalue weighted by Crippen LogP contribution is -2.32. The van der Waals surface area contributed by atoms with Gasteiger partial charge in [0.25, 0.3) is 0 Å². The van der Waals surface area contributed by atoms with Crippen molar-refractivity contribution >= 4 is 45.6 Å². The number of ether oxygens (including phenoxy) is 1. The van der Waals surface area contributed by atoms with E-state index in [1.807, 2.05) is 13.0 Å². The first-order valence-corrected chi connectivity index (χ1v) is 10.1. The summed E-state index contributed by atoms with van der Waals surface area (Å²) in [5.74, 6) is -3.07. The molecule has 0 aromatic heterocycles. The van der Waals surface area contributed by atoms with E-state index in [0.717, 1.165) is 11.6 Å². The maximum Gasteiger partial charge on any atom is 0.343 e. The Morgan fingerprint density at radius 2 is 1.78 bits per heavy atom. The number of carbonyl (C=O) groups is 3. The standard InChI is InChI=1S/C23H17BrFN3O4/c1-14-4-2-6-16(10-14)23(31)32-18-7-3-5-15(11-18)13-26-28-22(30)21(29)27-20-9-8-17(24)12-19(20)25/h2-13H,1H3,(H,27,29)(H,28,30)/b26-13+. The van der Waals surface area contributed by atoms with E-state index in [0.29, 0.717) is 15.6 Å². The molecule has 3 aromatic carbocycles. The van der Waals surface area contributed by atoms with E-state index in [9.17, 15) is 18.8 Å². The van der Waals surface area contributed by atoms with Crippen LogP contribution in [0.25, 0.3) is 0 Å². The van der Waals surface area contributed by atoms with Crippen molar-refractivity contribution in [3.05, 3.63) is 93.7 Å². The predicted octanol–water partition coefficient (Wildman–Crippen LogP) is 4.20. The molecule has 0 aliphatic heterocycles. The van der Waals surface area contributed by atoms with Gasteiger partial charge in [-0.2, -0.15) is 5.10 Å². The number of nitrogens with zero attached hydrogens (tertiary/aromatic N) is 1. The molecule has 0 aliphatic carbocycles. The van der Waals surface area contributed by atoms with Crippen LogP contribution in [-0.2, 0) is 9.59 Å². The number of hydrazone groups is 1. The SMILES string of the molecule is Cc1cccc(C(=O)Oc2cccc(/C=N/NC(=O)C(=O)Nc3ccc(Br)cc3F)c2)c1. The summed E-state index contributed by atoms with van der Waals surface area (Å²) < 4.78 is 19.6. The van der Waals surface area contributed by atoms with Crippen LogP contribution in [0.1, 0.15) is 21.5 Å². The van der Waals surface area contributed by atoms with E-state index in [-0.39, 0.29) is 11.4 Å². The molecule has 3 aromatic rings. The van der Waals surface area contributed by atoms with Gasteiger partial charge in [-0.25, -0.2) is 14.6 Å². The highest BCUT2D eigenvalue weighted by molar-refractivity contribution is 9.10. The third kappa shape index (κ3) is 6.32. The van der Waals surface area contributed by atoms with Gasteiger partial charge in [0.05, 0.1) is 17.5 Å². The van der Waals surface area contributed by atoms with Gasteiger partial charge in [0.2, 0.25) is 0 Å². The number of esters is 1. The zero-order chi connectivity index (χ0) is 23.1. The van der Waals surface area contributed by atoms with Crippen LogP contribution in [0.15, 0.2) is 76.3 Å². The molecule has 0 unspecified atom stereocenters. The van der Waals surface area contributed by atoms with Crippen molar-refractivity contribution in [2.45, 2.75) is 6.92 Å². The molecule has 32 heavy (non-hydrogen) atoms. The normalized spacial score (nSPS) is 10.6. The molecule has 0 saturated carbocycles. The first kappa shape index (κ1) is 22.8. The molecular weight excluding hydrogens is 481 g/mol. The number of hydrogen-bond donors (Lipinski definition) is 2. The lowest BCUT2D eigenvalue weighted by molar-refractivity contribution is -0.136. The second-order valence-corrected chi connectivity index (χ2v) is 7.52. The van der Waals surface area contributed by atoms with Crippen LogP contribution in [0, 0.1) is 12.7 Å². The average molecular weight is 498 g/mol. The molecular formula is C23H17BrFN3O4. The van der Waals surface area contributed by atoms with Gasteiger partial charge in [0.15, 0.2) is 0 Å². The summed E-state index contributed by atoms with van der Waals surface area (Å²) >= 11 is 3.10. The molecule has 0 radical (unpaired) electrons. The summed E-state index contributed by atoms with van der Waals surface area (Å²) in [6.45, 7) is 1.87. The van der Waals surface area contributed by atoms with E-state index >= 15 is 0 Å². The molecule has 0 spiro atoms. The fraction of sp³-hybridized carbons (Fsp3) is 0.0435. The maximum absolute atomic E-state index is 13.8. The molecule has 9 heteroatoms. The van der Waals surface area contributed by atoms with Crippen LogP contribution in [0.4, 0.5) is 10.1 Å². The Hall–Kier alpha value is -3.85. The lowest BCUT2D eigenvalue weighted by Gasteiger charge is -2.06. The van der Waals surface area contributed by atoms with Crippen LogP contribution in [-0.4, -0.2) is 24.0 Å². The fourth-order valence-corrected chi connectivity index (χ4v) is 2.92. The first-order valence-electron chi connectivity index (χ1n) is 9.30. The van der Waals surface area contributed by atoms with Crippen molar-refractivity contribution < 1.29 is 23.5 Å². The number of amides is 2. The second kappa shape index (κ2) is 10.5. The molecule has 0 saturated heterocycles. The van der Waals surface area contributed by atoms with Crippen molar-refractivity contribution in [1.82, 2.24) is 5.43 Å². The second-order valence-electron chi connectivity index (χ2n) is 6.61. The van der Waals surface area contributed by atoms with Crippen molar-refractivity contribution in [3.63, 3.8) is 0 Å². The molecule has 0 aliphatic rings. The molecule has 162 valence electrons. The molecule has 2 N–H and O–H groups in total. The van der Waals surface area contributed by atoms with Crippen LogP contribution in [0.2, 0.25) is 0 Å². The molecule has 2 amide bonds. The quantitative estimate of drug-likeness (QED) is 0.181. The molecule has 0 atom stereocenters. The summed E-state index contributed by atoms with van der Waals surface area (Å²) in [7, 11) is 0. The smallest absolute Gasteiger partial charge is 0.343 e. The number of anilines is 1. The molecule has 0 heterocycles. The maximum atomic E-state index is 13.8. The Labute approximate surface area is 191 Å². The number of hydrogen-bond acceptors (Lipinski definition) is 5. The topological polar surface area (TPSA) is 96.9 Å². The van der Waals surface area contributed by atoms with Gasteiger partial charge in [0.1, 0.15) is 11.6 Å². The van der Waals surface area contributed by atoms with E-state index in [1.165, 1.54) is 18.3 Å². The van der Waals surface area contributed by atoms with Crippen molar-refractivity contribution in [1.29, 1.82) is 0 Å². The van der Waals surface area contributed by atoms with Gasteiger partial charge in [-0.3, -0.25) is 9.59 Å². The van der Waals surface area contributed by atoms with Crippen molar-refractivity contribution in [2.75, 3.05) is 5.32 Å². The van der Waals surface area contributed by atoms with Crippen molar-refractivity contribution in [2.24, 2.45) is 5.10 Å². The van der Waals surface area contributed by atoms with Crippen molar-refractivity contribution in [3.8, 4) is 5.75 Å². The highest BCUT2D eigenvalue weighted by Crippen LogP contribution is 2.19. The Morgan fingerprint density at radius 3 is 2.53 bits per heavy atom. The molecule has 0 bridgehead atoms. The Balaban J connectivity index is 1.57. The van der Waals surface area contributed by atoms with Gasteiger partial charge >= 0.3 is 17.8 Å². The highest BCUT2D eigenvalue weighted by atomic mass is 79.9. The minimum Gasteiger partial charge on any atom is -0.423 e. The number of carbonyl (C=O) groups excluding carboxylic acids is 3. The van der Waals surface area contributed by atoms with Gasteiger partial charge in [-0.1, -0.05) is 45.8 Å². The molecule has 7 nitrogen and oxygen atoms in total. The third-order valence-electron chi connectivity index (χ3n) is 4.09. The van der Waals surface area contributed by atoms with Crippen LogP contribution < -0.4 is 15.5 Å².